The van der Waals surface area contributed by atoms with Crippen molar-refractivity contribution in [2.45, 2.75) is 32.2 Å². The summed E-state index contributed by atoms with van der Waals surface area (Å²) in [5, 5.41) is 0.698. The van der Waals surface area contributed by atoms with Crippen LogP contribution in [0.4, 0.5) is 11.8 Å². The molecular weight excluding hydrogens is 334 g/mol. The number of fused-ring (bicyclic) bond motifs is 1. The number of nitrogen functional groups attached to an aromatic ring is 1. The molecule has 132 valence electrons. The Balaban J connectivity index is 1.58. The van der Waals surface area contributed by atoms with Gasteiger partial charge in [0.2, 0.25) is 5.95 Å². The Morgan fingerprint density at radius 1 is 1.20 bits per heavy atom. The summed E-state index contributed by atoms with van der Waals surface area (Å²) >= 11 is 6.42. The lowest BCUT2D eigenvalue weighted by Crippen LogP contribution is -2.35. The number of nitrogens with two attached hydrogens (primary N) is 2. The minimum atomic E-state index is -0.0207. The topological polar surface area (TPSA) is 81.1 Å². The Labute approximate surface area is 153 Å². The maximum absolute atomic E-state index is 6.42. The largest absolute Gasteiger partial charge is 0.383 e. The molecule has 0 radical (unpaired) electrons. The van der Waals surface area contributed by atoms with Crippen molar-refractivity contribution in [3.63, 3.8) is 0 Å². The molecule has 3 atom stereocenters. The van der Waals surface area contributed by atoms with Crippen molar-refractivity contribution >= 4 is 23.4 Å². The highest BCUT2D eigenvalue weighted by Crippen LogP contribution is 2.43. The molecule has 2 aromatic rings. The van der Waals surface area contributed by atoms with Gasteiger partial charge in [0.25, 0.3) is 0 Å². The van der Waals surface area contributed by atoms with Gasteiger partial charge in [-0.1, -0.05) is 29.8 Å². The number of anilines is 2. The maximum Gasteiger partial charge on any atom is 0.227 e. The molecule has 5 nitrogen and oxygen atoms in total. The van der Waals surface area contributed by atoms with Crippen LogP contribution >= 0.6 is 11.6 Å². The van der Waals surface area contributed by atoms with Gasteiger partial charge in [-0.05, 0) is 44.1 Å². The number of nitrogens with zero attached hydrogens (tertiary/aromatic N) is 3. The molecule has 2 fully saturated rings. The van der Waals surface area contributed by atoms with E-state index in [0.29, 0.717) is 28.6 Å². The van der Waals surface area contributed by atoms with Crippen LogP contribution in [-0.2, 0) is 0 Å². The van der Waals surface area contributed by atoms with E-state index in [1.165, 1.54) is 0 Å². The molecule has 2 heterocycles. The smallest absolute Gasteiger partial charge is 0.227 e. The first-order valence-electron chi connectivity index (χ1n) is 8.76. The van der Waals surface area contributed by atoms with Crippen molar-refractivity contribution in [1.29, 1.82) is 0 Å². The molecular formula is C19H24ClN5. The summed E-state index contributed by atoms with van der Waals surface area (Å²) in [5.74, 6) is 2.44. The molecule has 2 unspecified atom stereocenters. The van der Waals surface area contributed by atoms with Gasteiger partial charge in [0.05, 0.1) is 5.02 Å². The lowest BCUT2D eigenvalue weighted by molar-refractivity contribution is 0.449. The van der Waals surface area contributed by atoms with Crippen LogP contribution in [0.1, 0.15) is 25.3 Å². The monoisotopic (exact) mass is 357 g/mol. The highest BCUT2D eigenvalue weighted by atomic mass is 35.5. The number of rotatable bonds is 2. The van der Waals surface area contributed by atoms with Gasteiger partial charge in [-0.15, -0.1) is 0 Å². The lowest BCUT2D eigenvalue weighted by atomic mass is 10.00. The quantitative estimate of drug-likeness (QED) is 0.862. The van der Waals surface area contributed by atoms with Crippen LogP contribution in [0.25, 0.3) is 11.1 Å². The Bertz CT molecular complexity index is 803. The summed E-state index contributed by atoms with van der Waals surface area (Å²) in [5.41, 5.74) is 15.2. The summed E-state index contributed by atoms with van der Waals surface area (Å²) in [6.45, 7) is 6.05. The fourth-order valence-corrected chi connectivity index (χ4v) is 4.67. The molecule has 1 saturated heterocycles. The average molecular weight is 358 g/mol. The van der Waals surface area contributed by atoms with Crippen molar-refractivity contribution in [1.82, 2.24) is 9.97 Å². The van der Waals surface area contributed by atoms with E-state index < -0.39 is 0 Å². The van der Waals surface area contributed by atoms with E-state index in [2.05, 4.69) is 21.8 Å². The predicted octanol–water partition coefficient (Wildman–Crippen LogP) is 3.25. The molecule has 1 aliphatic heterocycles. The minimum Gasteiger partial charge on any atom is -0.383 e. The number of benzene rings is 1. The molecule has 25 heavy (non-hydrogen) atoms. The number of aromatic nitrogens is 2. The second-order valence-corrected chi connectivity index (χ2v) is 8.27. The summed E-state index contributed by atoms with van der Waals surface area (Å²) in [6, 6.07) is 5.90. The van der Waals surface area contributed by atoms with E-state index in [4.69, 9.17) is 23.1 Å². The van der Waals surface area contributed by atoms with Crippen LogP contribution in [0.15, 0.2) is 24.4 Å². The third-order valence-electron chi connectivity index (χ3n) is 5.60. The van der Waals surface area contributed by atoms with Crippen LogP contribution < -0.4 is 16.4 Å². The SMILES string of the molecule is Cc1cccc(-c2cnc(N3CC4CC(C)(N)C[C@@H]4C3)nc2N)c1Cl. The third-order valence-corrected chi connectivity index (χ3v) is 6.11. The van der Waals surface area contributed by atoms with E-state index in [9.17, 15) is 0 Å². The zero-order valence-corrected chi connectivity index (χ0v) is 15.4. The zero-order chi connectivity index (χ0) is 17.8. The minimum absolute atomic E-state index is 0.0207. The molecule has 0 spiro atoms. The third kappa shape index (κ3) is 2.96. The van der Waals surface area contributed by atoms with Crippen molar-refractivity contribution in [3.05, 3.63) is 35.0 Å². The first-order valence-corrected chi connectivity index (χ1v) is 9.14. The van der Waals surface area contributed by atoms with Crippen molar-refractivity contribution < 1.29 is 0 Å². The maximum atomic E-state index is 6.42. The normalized spacial score (nSPS) is 28.4. The van der Waals surface area contributed by atoms with E-state index in [1.807, 2.05) is 25.1 Å². The van der Waals surface area contributed by atoms with Crippen LogP contribution in [-0.4, -0.2) is 28.6 Å². The average Bonchev–Trinajstić information content (AvgIpc) is 3.04. The van der Waals surface area contributed by atoms with Gasteiger partial charge in [-0.3, -0.25) is 0 Å². The van der Waals surface area contributed by atoms with E-state index in [1.54, 1.807) is 6.20 Å². The Kier molecular flexibility index (Phi) is 3.89. The van der Waals surface area contributed by atoms with Gasteiger partial charge in [0.1, 0.15) is 5.82 Å². The second kappa shape index (κ2) is 5.85. The highest BCUT2D eigenvalue weighted by molar-refractivity contribution is 6.34. The first-order chi connectivity index (χ1) is 11.8. The fourth-order valence-electron chi connectivity index (χ4n) is 4.45. The standard InChI is InChI=1S/C19H24ClN5/c1-11-4-3-5-14(16(11)20)15-8-23-18(24-17(15)21)25-9-12-6-19(2,22)7-13(12)10-25/h3-5,8,12-13H,6-7,9-10,22H2,1-2H3,(H2,21,23,24)/t12-,13?,19?/m1/s1. The Morgan fingerprint density at radius 2 is 1.88 bits per heavy atom. The highest BCUT2D eigenvalue weighted by Gasteiger charge is 2.45. The van der Waals surface area contributed by atoms with Gasteiger partial charge in [0.15, 0.2) is 0 Å². The number of hydrogen-bond donors (Lipinski definition) is 2. The van der Waals surface area contributed by atoms with Gasteiger partial charge in [0, 0.05) is 36.0 Å². The molecule has 4 N–H and O–H groups in total. The summed E-state index contributed by atoms with van der Waals surface area (Å²) in [6.07, 6.45) is 3.93. The molecule has 6 heteroatoms. The molecule has 0 amide bonds. The van der Waals surface area contributed by atoms with Crippen LogP contribution in [0, 0.1) is 18.8 Å². The van der Waals surface area contributed by atoms with Crippen LogP contribution in [0.3, 0.4) is 0 Å². The van der Waals surface area contributed by atoms with Gasteiger partial charge >= 0.3 is 0 Å². The first kappa shape index (κ1) is 16.6. The van der Waals surface area contributed by atoms with E-state index in [-0.39, 0.29) is 5.54 Å². The molecule has 1 aromatic carbocycles. The second-order valence-electron chi connectivity index (χ2n) is 7.89. The summed E-state index contributed by atoms with van der Waals surface area (Å²) < 4.78 is 0. The fraction of sp³-hybridized carbons (Fsp3) is 0.474. The number of halogens is 1. The van der Waals surface area contributed by atoms with E-state index in [0.717, 1.165) is 42.6 Å². The lowest BCUT2D eigenvalue weighted by Gasteiger charge is -2.23. The van der Waals surface area contributed by atoms with Crippen molar-refractivity contribution in [3.8, 4) is 11.1 Å². The molecule has 4 rings (SSSR count). The van der Waals surface area contributed by atoms with Crippen molar-refractivity contribution in [2.75, 3.05) is 23.7 Å². The zero-order valence-electron chi connectivity index (χ0n) is 14.7. The molecule has 1 aromatic heterocycles. The summed E-state index contributed by atoms with van der Waals surface area (Å²) in [7, 11) is 0. The van der Waals surface area contributed by atoms with Gasteiger partial charge in [-0.25, -0.2) is 4.98 Å². The predicted molar refractivity (Wildman–Crippen MR) is 103 cm³/mol. The molecule has 1 saturated carbocycles. The van der Waals surface area contributed by atoms with Crippen LogP contribution in [0.2, 0.25) is 5.02 Å². The van der Waals surface area contributed by atoms with Gasteiger partial charge < -0.3 is 16.4 Å². The van der Waals surface area contributed by atoms with E-state index >= 15 is 0 Å². The molecule has 0 bridgehead atoms. The Morgan fingerprint density at radius 3 is 2.52 bits per heavy atom. The van der Waals surface area contributed by atoms with Crippen molar-refractivity contribution in [2.24, 2.45) is 17.6 Å². The Hall–Kier alpha value is -1.85. The van der Waals surface area contributed by atoms with Crippen LogP contribution in [0.5, 0.6) is 0 Å². The number of hydrogen-bond acceptors (Lipinski definition) is 5. The molecule has 2 aliphatic rings. The van der Waals surface area contributed by atoms with Gasteiger partial charge in [-0.2, -0.15) is 4.98 Å². The number of aryl methyl sites for hydroxylation is 1. The summed E-state index contributed by atoms with van der Waals surface area (Å²) in [4.78, 5) is 11.4. The molecule has 1 aliphatic carbocycles.